The first-order chi connectivity index (χ1) is 10.5. The third kappa shape index (κ3) is 4.20. The average molecular weight is 343 g/mol. The number of esters is 2. The number of methoxy groups -OCH3 is 1. The number of halogens is 2. The van der Waals surface area contributed by atoms with Crippen LogP contribution in [0, 0.1) is 17.2 Å². The lowest BCUT2D eigenvalue weighted by atomic mass is 10.2. The SMILES string of the molecule is CCOC(=O)c1c(Cl)ccc(N=CC(C#N)C(=O)OC)c1Cl. The highest BCUT2D eigenvalue weighted by Crippen LogP contribution is 2.34. The molecule has 0 radical (unpaired) electrons. The molecule has 6 nitrogen and oxygen atoms in total. The maximum Gasteiger partial charge on any atom is 0.341 e. The second-order valence-corrected chi connectivity index (χ2v) is 4.67. The summed E-state index contributed by atoms with van der Waals surface area (Å²) in [5, 5.41) is 8.95. The summed E-state index contributed by atoms with van der Waals surface area (Å²) in [4.78, 5) is 27.1. The van der Waals surface area contributed by atoms with E-state index in [1.54, 1.807) is 13.0 Å². The van der Waals surface area contributed by atoms with E-state index < -0.39 is 17.9 Å². The quantitative estimate of drug-likeness (QED) is 0.605. The van der Waals surface area contributed by atoms with Crippen LogP contribution in [0.15, 0.2) is 17.1 Å². The van der Waals surface area contributed by atoms with Crippen molar-refractivity contribution in [1.29, 1.82) is 5.26 Å². The number of nitriles is 1. The van der Waals surface area contributed by atoms with Gasteiger partial charge in [0.05, 0.1) is 41.1 Å². The first kappa shape index (κ1) is 18.0. The van der Waals surface area contributed by atoms with Crippen LogP contribution in [0.2, 0.25) is 10.0 Å². The number of hydrogen-bond donors (Lipinski definition) is 0. The van der Waals surface area contributed by atoms with Crippen molar-refractivity contribution >= 4 is 47.0 Å². The van der Waals surface area contributed by atoms with Gasteiger partial charge in [0.15, 0.2) is 5.92 Å². The van der Waals surface area contributed by atoms with Crippen molar-refractivity contribution in [2.24, 2.45) is 10.9 Å². The van der Waals surface area contributed by atoms with Gasteiger partial charge in [0.25, 0.3) is 0 Å². The van der Waals surface area contributed by atoms with Crippen LogP contribution in [0.25, 0.3) is 0 Å². The minimum Gasteiger partial charge on any atom is -0.468 e. The molecule has 0 N–H and O–H groups in total. The lowest BCUT2D eigenvalue weighted by molar-refractivity contribution is -0.141. The Morgan fingerprint density at radius 3 is 2.68 bits per heavy atom. The van der Waals surface area contributed by atoms with Crippen LogP contribution < -0.4 is 0 Å². The van der Waals surface area contributed by atoms with Crippen molar-refractivity contribution < 1.29 is 19.1 Å². The molecular weight excluding hydrogens is 331 g/mol. The van der Waals surface area contributed by atoms with E-state index in [4.69, 9.17) is 33.2 Å². The molecule has 0 amide bonds. The molecule has 0 aliphatic heterocycles. The number of carbonyl (C=O) groups is 2. The molecular formula is C14H12Cl2N2O4. The van der Waals surface area contributed by atoms with Crippen LogP contribution >= 0.6 is 23.2 Å². The summed E-state index contributed by atoms with van der Waals surface area (Å²) >= 11 is 12.0. The zero-order chi connectivity index (χ0) is 16.7. The molecule has 1 atom stereocenters. The van der Waals surface area contributed by atoms with Crippen molar-refractivity contribution in [3.8, 4) is 6.07 Å². The summed E-state index contributed by atoms with van der Waals surface area (Å²) < 4.78 is 9.31. The van der Waals surface area contributed by atoms with E-state index in [9.17, 15) is 9.59 Å². The van der Waals surface area contributed by atoms with E-state index in [1.165, 1.54) is 12.1 Å². The van der Waals surface area contributed by atoms with Gasteiger partial charge in [0.1, 0.15) is 0 Å². The molecule has 116 valence electrons. The zero-order valence-electron chi connectivity index (χ0n) is 11.8. The summed E-state index contributed by atoms with van der Waals surface area (Å²) in [7, 11) is 1.16. The third-order valence-corrected chi connectivity index (χ3v) is 3.20. The highest BCUT2D eigenvalue weighted by molar-refractivity contribution is 6.41. The molecule has 0 aliphatic carbocycles. The Labute approximate surface area is 137 Å². The van der Waals surface area contributed by atoms with E-state index in [0.717, 1.165) is 13.3 Å². The lowest BCUT2D eigenvalue weighted by Crippen LogP contribution is -2.15. The second-order valence-electron chi connectivity index (χ2n) is 3.88. The second kappa shape index (κ2) is 8.37. The molecule has 1 rings (SSSR count). The van der Waals surface area contributed by atoms with Crippen LogP contribution in [0.1, 0.15) is 17.3 Å². The van der Waals surface area contributed by atoms with Gasteiger partial charge >= 0.3 is 11.9 Å². The Kier molecular flexibility index (Phi) is 6.83. The maximum atomic E-state index is 11.8. The van der Waals surface area contributed by atoms with Crippen molar-refractivity contribution in [3.63, 3.8) is 0 Å². The number of aliphatic imine (C=N–C) groups is 1. The highest BCUT2D eigenvalue weighted by atomic mass is 35.5. The van der Waals surface area contributed by atoms with Gasteiger partial charge in [-0.1, -0.05) is 23.2 Å². The Bertz CT molecular complexity index is 653. The van der Waals surface area contributed by atoms with Gasteiger partial charge in [0.2, 0.25) is 0 Å². The molecule has 0 aromatic heterocycles. The number of benzene rings is 1. The molecule has 0 spiro atoms. The summed E-state index contributed by atoms with van der Waals surface area (Å²) in [5.41, 5.74) is 0.157. The Morgan fingerprint density at radius 1 is 1.45 bits per heavy atom. The van der Waals surface area contributed by atoms with Gasteiger partial charge in [-0.05, 0) is 19.1 Å². The molecule has 22 heavy (non-hydrogen) atoms. The van der Waals surface area contributed by atoms with Crippen LogP contribution in [-0.4, -0.2) is 31.9 Å². The van der Waals surface area contributed by atoms with Gasteiger partial charge in [0, 0.05) is 6.21 Å². The molecule has 0 saturated heterocycles. The number of nitrogens with zero attached hydrogens (tertiary/aromatic N) is 2. The minimum atomic E-state index is -1.18. The first-order valence-electron chi connectivity index (χ1n) is 6.13. The monoisotopic (exact) mass is 342 g/mol. The third-order valence-electron chi connectivity index (χ3n) is 2.51. The fraction of sp³-hybridized carbons (Fsp3) is 0.286. The van der Waals surface area contributed by atoms with Gasteiger partial charge in [-0.15, -0.1) is 0 Å². The molecule has 1 aromatic rings. The summed E-state index contributed by atoms with van der Waals surface area (Å²) in [6, 6.07) is 4.60. The Hall–Kier alpha value is -2.10. The van der Waals surface area contributed by atoms with E-state index in [2.05, 4.69) is 9.73 Å². The van der Waals surface area contributed by atoms with Crippen molar-refractivity contribution in [2.45, 2.75) is 6.92 Å². The molecule has 0 bridgehead atoms. The van der Waals surface area contributed by atoms with E-state index in [0.29, 0.717) is 0 Å². The van der Waals surface area contributed by atoms with Crippen molar-refractivity contribution in [1.82, 2.24) is 0 Å². The van der Waals surface area contributed by atoms with Crippen LogP contribution in [-0.2, 0) is 14.3 Å². The average Bonchev–Trinajstić information content (AvgIpc) is 2.49. The predicted octanol–water partition coefficient (Wildman–Crippen LogP) is 3.19. The maximum absolute atomic E-state index is 11.8. The van der Waals surface area contributed by atoms with Crippen LogP contribution in [0.4, 0.5) is 5.69 Å². The molecule has 0 saturated carbocycles. The summed E-state index contributed by atoms with van der Waals surface area (Å²) in [6.07, 6.45) is 1.08. The normalized spacial score (nSPS) is 11.8. The summed E-state index contributed by atoms with van der Waals surface area (Å²) in [5.74, 6) is -2.61. The van der Waals surface area contributed by atoms with Crippen molar-refractivity contribution in [3.05, 3.63) is 27.7 Å². The lowest BCUT2D eigenvalue weighted by Gasteiger charge is -2.08. The topological polar surface area (TPSA) is 88.8 Å². The molecule has 0 heterocycles. The van der Waals surface area contributed by atoms with Gasteiger partial charge in [-0.25, -0.2) is 4.79 Å². The van der Waals surface area contributed by atoms with Crippen molar-refractivity contribution in [2.75, 3.05) is 13.7 Å². The number of carbonyl (C=O) groups excluding carboxylic acids is 2. The molecule has 8 heteroatoms. The van der Waals surface area contributed by atoms with Gasteiger partial charge < -0.3 is 9.47 Å². The number of hydrogen-bond acceptors (Lipinski definition) is 6. The van der Waals surface area contributed by atoms with Crippen LogP contribution in [0.5, 0.6) is 0 Å². The minimum absolute atomic E-state index is 0.0218. The molecule has 0 aliphatic rings. The van der Waals surface area contributed by atoms with E-state index in [1.807, 2.05) is 0 Å². The molecule has 1 unspecified atom stereocenters. The molecule has 1 aromatic carbocycles. The Balaban J connectivity index is 3.17. The fourth-order valence-corrected chi connectivity index (χ4v) is 2.03. The fourth-order valence-electron chi connectivity index (χ4n) is 1.46. The summed E-state index contributed by atoms with van der Waals surface area (Å²) in [6.45, 7) is 1.81. The largest absolute Gasteiger partial charge is 0.468 e. The highest BCUT2D eigenvalue weighted by Gasteiger charge is 2.20. The standard InChI is InChI=1S/C14H12Cl2N2O4/c1-3-22-14(20)11-9(15)4-5-10(12(11)16)18-7-8(6-17)13(19)21-2/h4-5,7-8H,3H2,1-2H3. The smallest absolute Gasteiger partial charge is 0.341 e. The Morgan fingerprint density at radius 2 is 2.14 bits per heavy atom. The molecule has 0 fully saturated rings. The number of ether oxygens (including phenoxy) is 2. The number of rotatable bonds is 5. The van der Waals surface area contributed by atoms with Gasteiger partial charge in [-0.2, -0.15) is 5.26 Å². The van der Waals surface area contributed by atoms with Gasteiger partial charge in [-0.3, -0.25) is 9.79 Å². The van der Waals surface area contributed by atoms with Crippen LogP contribution in [0.3, 0.4) is 0 Å². The first-order valence-corrected chi connectivity index (χ1v) is 6.88. The van der Waals surface area contributed by atoms with E-state index in [-0.39, 0.29) is 27.9 Å². The predicted molar refractivity (Wildman–Crippen MR) is 81.7 cm³/mol. The zero-order valence-corrected chi connectivity index (χ0v) is 13.3. The van der Waals surface area contributed by atoms with E-state index >= 15 is 0 Å².